The van der Waals surface area contributed by atoms with Crippen molar-refractivity contribution in [2.75, 3.05) is 0 Å². The van der Waals surface area contributed by atoms with E-state index in [9.17, 15) is 5.26 Å². The highest BCUT2D eigenvalue weighted by atomic mass is 14.6. The van der Waals surface area contributed by atoms with E-state index in [4.69, 9.17) is 6.57 Å². The molecule has 0 atom stereocenters. The highest BCUT2D eigenvalue weighted by Gasteiger charge is 2.11. The zero-order chi connectivity index (χ0) is 23.1. The van der Waals surface area contributed by atoms with Crippen LogP contribution in [0.1, 0.15) is 5.56 Å². The first-order chi connectivity index (χ1) is 16.7. The summed E-state index contributed by atoms with van der Waals surface area (Å²) in [6.45, 7) is 7.34. The summed E-state index contributed by atoms with van der Waals surface area (Å²) in [5.74, 6) is 0. The summed E-state index contributed by atoms with van der Waals surface area (Å²) in [4.78, 5) is 3.59. The quantitative estimate of drug-likeness (QED) is 0.199. The second-order valence-corrected chi connectivity index (χ2v) is 8.42. The van der Waals surface area contributed by atoms with Crippen LogP contribution in [0.3, 0.4) is 0 Å². The Balaban J connectivity index is 1.63. The summed E-state index contributed by atoms with van der Waals surface area (Å²) in [6.07, 6.45) is 0. The summed E-state index contributed by atoms with van der Waals surface area (Å²) in [5, 5.41) is 16.5. The van der Waals surface area contributed by atoms with E-state index in [-0.39, 0.29) is 0 Å². The first-order valence-electron chi connectivity index (χ1n) is 11.1. The highest BCUT2D eigenvalue weighted by molar-refractivity contribution is 6.26. The van der Waals surface area contributed by atoms with Gasteiger partial charge in [-0.05, 0) is 84.9 Å². The Morgan fingerprint density at radius 3 is 1.62 bits per heavy atom. The molecule has 6 aromatic rings. The second kappa shape index (κ2) is 7.89. The number of rotatable bonds is 2. The summed E-state index contributed by atoms with van der Waals surface area (Å²) < 4.78 is 0. The molecule has 6 aromatic carbocycles. The summed E-state index contributed by atoms with van der Waals surface area (Å²) in [7, 11) is 0. The Kier molecular flexibility index (Phi) is 4.58. The predicted molar refractivity (Wildman–Crippen MR) is 141 cm³/mol. The molecule has 0 bridgehead atoms. The van der Waals surface area contributed by atoms with Gasteiger partial charge in [-0.1, -0.05) is 78.9 Å². The number of fused-ring (bicyclic) bond motifs is 6. The van der Waals surface area contributed by atoms with Gasteiger partial charge in [0.15, 0.2) is 5.69 Å². The largest absolute Gasteiger partial charge is 0.238 e. The maximum Gasteiger partial charge on any atom is 0.187 e. The summed E-state index contributed by atoms with van der Waals surface area (Å²) >= 11 is 0. The maximum absolute atomic E-state index is 9.31. The standard InChI is InChI=1S/C32H18N2/c1-34-26-9-5-8-23(17-26)25-13-15-30-29-14-12-24(22-7-4-6-21(16-22)20-33)18-31(29)27-10-2-3-11-28(27)32(30)19-25/h2-19H. The van der Waals surface area contributed by atoms with Crippen LogP contribution in [0.25, 0.3) is 59.4 Å². The van der Waals surface area contributed by atoms with E-state index >= 15 is 0 Å². The van der Waals surface area contributed by atoms with Crippen molar-refractivity contribution in [3.05, 3.63) is 126 Å². The van der Waals surface area contributed by atoms with E-state index in [1.165, 1.54) is 32.3 Å². The van der Waals surface area contributed by atoms with Crippen LogP contribution in [0.15, 0.2) is 109 Å². The molecule has 0 aliphatic rings. The van der Waals surface area contributed by atoms with Gasteiger partial charge in [0.25, 0.3) is 0 Å². The molecule has 0 heterocycles. The van der Waals surface area contributed by atoms with Crippen molar-refractivity contribution in [2.45, 2.75) is 0 Å². The molecule has 0 saturated heterocycles. The molecule has 0 N–H and O–H groups in total. The molecule has 34 heavy (non-hydrogen) atoms. The molecule has 0 aliphatic carbocycles. The Bertz CT molecular complexity index is 1680. The van der Waals surface area contributed by atoms with Crippen molar-refractivity contribution in [2.24, 2.45) is 0 Å². The number of benzene rings is 6. The lowest BCUT2D eigenvalue weighted by Crippen LogP contribution is -1.87. The molecule has 0 unspecified atom stereocenters. The van der Waals surface area contributed by atoms with Crippen LogP contribution in [0.2, 0.25) is 0 Å². The van der Waals surface area contributed by atoms with E-state index < -0.39 is 0 Å². The van der Waals surface area contributed by atoms with E-state index in [1.807, 2.05) is 36.4 Å². The van der Waals surface area contributed by atoms with Crippen LogP contribution in [0.5, 0.6) is 0 Å². The minimum absolute atomic E-state index is 0.647. The zero-order valence-electron chi connectivity index (χ0n) is 18.3. The minimum atomic E-state index is 0.647. The molecule has 0 aliphatic heterocycles. The molecule has 0 saturated carbocycles. The van der Waals surface area contributed by atoms with Crippen LogP contribution in [-0.4, -0.2) is 0 Å². The van der Waals surface area contributed by atoms with E-state index in [0.29, 0.717) is 11.3 Å². The van der Waals surface area contributed by atoms with Crippen LogP contribution < -0.4 is 0 Å². The average Bonchev–Trinajstić information content (AvgIpc) is 2.92. The van der Waals surface area contributed by atoms with Gasteiger partial charge in [-0.3, -0.25) is 0 Å². The average molecular weight is 431 g/mol. The SMILES string of the molecule is [C-]#[N+]c1cccc(-c2ccc3c4ccc(-c5cccc(C#N)c5)cc4c4ccccc4c3c2)c1. The normalized spacial score (nSPS) is 10.9. The van der Waals surface area contributed by atoms with Gasteiger partial charge >= 0.3 is 0 Å². The van der Waals surface area contributed by atoms with E-state index in [1.54, 1.807) is 0 Å². The van der Waals surface area contributed by atoms with Gasteiger partial charge in [0, 0.05) is 0 Å². The molecule has 0 spiro atoms. The van der Waals surface area contributed by atoms with Gasteiger partial charge in [0.05, 0.1) is 18.2 Å². The second-order valence-electron chi connectivity index (χ2n) is 8.42. The van der Waals surface area contributed by atoms with Crippen LogP contribution in [-0.2, 0) is 0 Å². The molecule has 2 nitrogen and oxygen atoms in total. The van der Waals surface area contributed by atoms with Gasteiger partial charge in [-0.15, -0.1) is 0 Å². The number of nitrogens with zero attached hydrogens (tertiary/aromatic N) is 2. The Morgan fingerprint density at radius 1 is 0.500 bits per heavy atom. The molecular weight excluding hydrogens is 412 g/mol. The van der Waals surface area contributed by atoms with Crippen molar-refractivity contribution < 1.29 is 0 Å². The van der Waals surface area contributed by atoms with Crippen molar-refractivity contribution in [1.29, 1.82) is 5.26 Å². The number of nitriles is 1. The summed E-state index contributed by atoms with van der Waals surface area (Å²) in [5.41, 5.74) is 5.60. The van der Waals surface area contributed by atoms with Crippen LogP contribution in [0, 0.1) is 17.9 Å². The monoisotopic (exact) mass is 430 g/mol. The molecule has 0 amide bonds. The lowest BCUT2D eigenvalue weighted by Gasteiger charge is -2.13. The van der Waals surface area contributed by atoms with Crippen molar-refractivity contribution >= 4 is 38.0 Å². The molecular formula is C32H18N2. The first kappa shape index (κ1) is 19.7. The molecule has 2 heteroatoms. The molecule has 156 valence electrons. The lowest BCUT2D eigenvalue weighted by molar-refractivity contribution is 1.48. The van der Waals surface area contributed by atoms with Crippen molar-refractivity contribution in [3.8, 4) is 28.3 Å². The first-order valence-corrected chi connectivity index (χ1v) is 11.1. The topological polar surface area (TPSA) is 28.1 Å². The van der Waals surface area contributed by atoms with Crippen molar-refractivity contribution in [3.63, 3.8) is 0 Å². The summed E-state index contributed by atoms with van der Waals surface area (Å²) in [6, 6.07) is 39.4. The molecule has 0 aromatic heterocycles. The fraction of sp³-hybridized carbons (Fsp3) is 0. The van der Waals surface area contributed by atoms with Gasteiger partial charge in [0.2, 0.25) is 0 Å². The van der Waals surface area contributed by atoms with Crippen LogP contribution in [0.4, 0.5) is 5.69 Å². The van der Waals surface area contributed by atoms with E-state index in [2.05, 4.69) is 83.7 Å². The van der Waals surface area contributed by atoms with Gasteiger partial charge in [0.1, 0.15) is 0 Å². The van der Waals surface area contributed by atoms with Gasteiger partial charge < -0.3 is 0 Å². The maximum atomic E-state index is 9.31. The fourth-order valence-electron chi connectivity index (χ4n) is 4.84. The lowest BCUT2D eigenvalue weighted by atomic mass is 9.90. The third-order valence-corrected chi connectivity index (χ3v) is 6.47. The van der Waals surface area contributed by atoms with Crippen LogP contribution >= 0.6 is 0 Å². The Labute approximate surface area is 197 Å². The van der Waals surface area contributed by atoms with Gasteiger partial charge in [-0.25, -0.2) is 4.85 Å². The minimum Gasteiger partial charge on any atom is -0.238 e. The number of hydrogen-bond donors (Lipinski definition) is 0. The molecule has 0 radical (unpaired) electrons. The predicted octanol–water partition coefficient (Wildman–Crippen LogP) is 8.90. The third kappa shape index (κ3) is 3.18. The smallest absolute Gasteiger partial charge is 0.187 e. The molecule has 0 fully saturated rings. The third-order valence-electron chi connectivity index (χ3n) is 6.47. The van der Waals surface area contributed by atoms with Crippen molar-refractivity contribution in [1.82, 2.24) is 0 Å². The zero-order valence-corrected chi connectivity index (χ0v) is 18.3. The highest BCUT2D eigenvalue weighted by Crippen LogP contribution is 2.39. The molecule has 6 rings (SSSR count). The van der Waals surface area contributed by atoms with E-state index in [0.717, 1.165) is 22.3 Å². The Hall–Kier alpha value is -4.92. The Morgan fingerprint density at radius 2 is 1.03 bits per heavy atom. The van der Waals surface area contributed by atoms with Gasteiger partial charge in [-0.2, -0.15) is 5.26 Å². The number of hydrogen-bond acceptors (Lipinski definition) is 1. The fourth-order valence-corrected chi connectivity index (χ4v) is 4.84.